The number of unbranched alkanes of at least 4 members (excludes halogenated alkanes) is 44. The zero-order chi connectivity index (χ0) is 75.8. The fraction of sp³-hybridized carbons (Fsp3) is 0.905. The fourth-order valence-corrected chi connectivity index (χ4v) is 14.0. The third-order valence-electron chi connectivity index (χ3n) is 19.4. The highest BCUT2D eigenvalue weighted by Gasteiger charge is 2.30. The normalized spacial score (nSPS) is 14.3. The van der Waals surface area contributed by atoms with Gasteiger partial charge in [0.2, 0.25) is 0 Å². The molecule has 3 N–H and O–H groups in total. The van der Waals surface area contributed by atoms with Gasteiger partial charge in [0, 0.05) is 25.7 Å². The lowest BCUT2D eigenvalue weighted by atomic mass is 9.99. The Hall–Kier alpha value is -2.46. The number of hydrogen-bond acceptors (Lipinski definition) is 15. The summed E-state index contributed by atoms with van der Waals surface area (Å²) in [6.07, 6.45) is 66.1. The molecule has 19 heteroatoms. The van der Waals surface area contributed by atoms with Crippen molar-refractivity contribution >= 4 is 39.5 Å². The minimum atomic E-state index is -4.97. The first-order valence-electron chi connectivity index (χ1n) is 42.7. The van der Waals surface area contributed by atoms with Crippen LogP contribution in [0.15, 0.2) is 24.3 Å². The fourth-order valence-electron chi connectivity index (χ4n) is 12.4. The van der Waals surface area contributed by atoms with Crippen molar-refractivity contribution in [2.45, 2.75) is 433 Å². The maximum absolute atomic E-state index is 13.1. The van der Waals surface area contributed by atoms with Crippen LogP contribution in [-0.2, 0) is 65.4 Å². The summed E-state index contributed by atoms with van der Waals surface area (Å²) in [6.45, 7) is 11.9. The SMILES string of the molecule is CCCCCC/C=C\C=C/CCCCCCCC(=O)O[C@H](COC(=O)CCCCCCCCCCCCCCCCCCCCC(C)CC)COP(=O)(O)OCC(O)COP(=O)(O)OC[C@@H](COC(=O)CCCCCCCCCC(C)C)OC(=O)CCCCCCCCCCCCCCCC(C)C. The molecule has 0 spiro atoms. The summed E-state index contributed by atoms with van der Waals surface area (Å²) in [5.74, 6) is 0.221. The van der Waals surface area contributed by atoms with Gasteiger partial charge in [0.15, 0.2) is 12.2 Å². The van der Waals surface area contributed by atoms with Crippen LogP contribution in [0.25, 0.3) is 0 Å². The van der Waals surface area contributed by atoms with Gasteiger partial charge in [-0.25, -0.2) is 9.13 Å². The Labute approximate surface area is 631 Å². The average molecular weight is 1500 g/mol. The molecule has 0 aromatic rings. The molecule has 17 nitrogen and oxygen atoms in total. The number of carbonyl (C=O) groups is 4. The van der Waals surface area contributed by atoms with Crippen molar-refractivity contribution in [1.29, 1.82) is 0 Å². The van der Waals surface area contributed by atoms with E-state index in [0.717, 1.165) is 121 Å². The van der Waals surface area contributed by atoms with Crippen molar-refractivity contribution in [2.75, 3.05) is 39.6 Å². The van der Waals surface area contributed by atoms with E-state index in [1.54, 1.807) is 0 Å². The number of allylic oxidation sites excluding steroid dienone is 4. The molecule has 0 amide bonds. The molecule has 103 heavy (non-hydrogen) atoms. The summed E-state index contributed by atoms with van der Waals surface area (Å²) < 4.78 is 68.7. The van der Waals surface area contributed by atoms with E-state index in [2.05, 4.69) is 72.8 Å². The molecule has 0 aliphatic rings. The standard InChI is InChI=1S/C84H160O17P2/c1-8-10-11-12-13-14-15-16-21-28-33-38-45-53-60-67-83(88)100-79(71-94-81(86)65-58-51-44-37-32-27-23-20-18-17-19-22-26-31-36-43-50-57-64-77(7)9-2)73-98-102(90,91)96-69-78(85)70-97-103(92,93)99-74-80(72-95-82(87)66-59-52-47-40-42-49-56-63-76(5)6)101-84(89)68-61-54-46-39-34-29-24-25-30-35-41-48-55-62-75(3)4/h14-16,21,75-80,85H,8-13,17-20,22-74H2,1-7H3,(H,90,91)(H,92,93)/b15-14-,21-16-/t77?,78?,79-,80-/m1/s1. The molecule has 6 atom stereocenters. The molecule has 0 aromatic heterocycles. The number of hydrogen-bond donors (Lipinski definition) is 3. The van der Waals surface area contributed by atoms with E-state index in [1.165, 1.54) is 205 Å². The second kappa shape index (κ2) is 73.7. The zero-order valence-corrected chi connectivity index (χ0v) is 69.1. The molecule has 0 bridgehead atoms. The van der Waals surface area contributed by atoms with Crippen LogP contribution < -0.4 is 0 Å². The molecule has 0 saturated carbocycles. The predicted octanol–water partition coefficient (Wildman–Crippen LogP) is 24.9. The number of ether oxygens (including phenoxy) is 4. The molecule has 0 radical (unpaired) electrons. The second-order valence-corrected chi connectivity index (χ2v) is 33.6. The van der Waals surface area contributed by atoms with E-state index in [9.17, 15) is 43.2 Å². The van der Waals surface area contributed by atoms with Gasteiger partial charge >= 0.3 is 39.5 Å². The number of carbonyl (C=O) groups excluding carboxylic acids is 4. The highest BCUT2D eigenvalue weighted by molar-refractivity contribution is 7.47. The van der Waals surface area contributed by atoms with Crippen LogP contribution in [0.4, 0.5) is 0 Å². The number of phosphoric ester groups is 2. The van der Waals surface area contributed by atoms with Crippen LogP contribution in [0.3, 0.4) is 0 Å². The van der Waals surface area contributed by atoms with Crippen LogP contribution in [0.2, 0.25) is 0 Å². The summed E-state index contributed by atoms with van der Waals surface area (Å²) in [4.78, 5) is 73.1. The monoisotopic (exact) mass is 1500 g/mol. The number of aliphatic hydroxyl groups is 1. The lowest BCUT2D eigenvalue weighted by molar-refractivity contribution is -0.161. The quantitative estimate of drug-likeness (QED) is 0.0169. The van der Waals surface area contributed by atoms with E-state index in [4.69, 9.17) is 37.0 Å². The molecule has 0 aliphatic carbocycles. The molecular formula is C84H160O17P2. The molecule has 0 aliphatic heterocycles. The maximum atomic E-state index is 13.1. The van der Waals surface area contributed by atoms with Crippen molar-refractivity contribution in [3.63, 3.8) is 0 Å². The van der Waals surface area contributed by atoms with Gasteiger partial charge in [-0.05, 0) is 69.1 Å². The number of esters is 4. The summed E-state index contributed by atoms with van der Waals surface area (Å²) in [6, 6.07) is 0. The Kier molecular flexibility index (Phi) is 71.9. The maximum Gasteiger partial charge on any atom is 0.472 e. The zero-order valence-electron chi connectivity index (χ0n) is 67.3. The number of aliphatic hydroxyl groups excluding tert-OH is 1. The Morgan fingerprint density at radius 2 is 0.573 bits per heavy atom. The van der Waals surface area contributed by atoms with E-state index >= 15 is 0 Å². The first-order valence-corrected chi connectivity index (χ1v) is 45.7. The average Bonchev–Trinajstić information content (AvgIpc) is 0.915. The van der Waals surface area contributed by atoms with Crippen LogP contribution >= 0.6 is 15.6 Å². The van der Waals surface area contributed by atoms with E-state index < -0.39 is 97.5 Å². The summed E-state index contributed by atoms with van der Waals surface area (Å²) in [7, 11) is -9.94. The van der Waals surface area contributed by atoms with Gasteiger partial charge in [-0.15, -0.1) is 0 Å². The first-order chi connectivity index (χ1) is 49.8. The summed E-state index contributed by atoms with van der Waals surface area (Å²) in [5, 5.41) is 10.6. The molecule has 0 fully saturated rings. The molecule has 0 aromatic carbocycles. The van der Waals surface area contributed by atoms with Gasteiger partial charge in [0.1, 0.15) is 19.3 Å². The largest absolute Gasteiger partial charge is 0.472 e. The van der Waals surface area contributed by atoms with Gasteiger partial charge in [0.25, 0.3) is 0 Å². The smallest absolute Gasteiger partial charge is 0.462 e. The van der Waals surface area contributed by atoms with Gasteiger partial charge in [-0.1, -0.05) is 362 Å². The second-order valence-electron chi connectivity index (χ2n) is 30.7. The third kappa shape index (κ3) is 76.1. The highest BCUT2D eigenvalue weighted by Crippen LogP contribution is 2.45. The molecule has 0 saturated heterocycles. The van der Waals surface area contributed by atoms with E-state index in [-0.39, 0.29) is 25.7 Å². The highest BCUT2D eigenvalue weighted by atomic mass is 31.2. The summed E-state index contributed by atoms with van der Waals surface area (Å²) in [5.41, 5.74) is 0. The van der Waals surface area contributed by atoms with Crippen LogP contribution in [0.5, 0.6) is 0 Å². The lowest BCUT2D eigenvalue weighted by Gasteiger charge is -2.21. The van der Waals surface area contributed by atoms with E-state index in [1.807, 2.05) is 0 Å². The van der Waals surface area contributed by atoms with Gasteiger partial charge in [0.05, 0.1) is 26.4 Å². The van der Waals surface area contributed by atoms with Crippen molar-refractivity contribution < 1.29 is 80.2 Å². The van der Waals surface area contributed by atoms with Crippen LogP contribution in [0, 0.1) is 17.8 Å². The van der Waals surface area contributed by atoms with Gasteiger partial charge in [-0.2, -0.15) is 0 Å². The molecule has 4 unspecified atom stereocenters. The number of phosphoric acid groups is 2. The topological polar surface area (TPSA) is 237 Å². The minimum absolute atomic E-state index is 0.0853. The molecule has 608 valence electrons. The Balaban J connectivity index is 5.23. The molecule has 0 rings (SSSR count). The van der Waals surface area contributed by atoms with Gasteiger partial charge < -0.3 is 33.8 Å². The van der Waals surface area contributed by atoms with Gasteiger partial charge in [-0.3, -0.25) is 37.3 Å². The molecule has 0 heterocycles. The lowest BCUT2D eigenvalue weighted by Crippen LogP contribution is -2.30. The first kappa shape index (κ1) is 101. The van der Waals surface area contributed by atoms with Crippen molar-refractivity contribution in [1.82, 2.24) is 0 Å². The third-order valence-corrected chi connectivity index (χ3v) is 21.3. The van der Waals surface area contributed by atoms with Crippen molar-refractivity contribution in [3.8, 4) is 0 Å². The minimum Gasteiger partial charge on any atom is -0.462 e. The predicted molar refractivity (Wildman–Crippen MR) is 423 cm³/mol. The van der Waals surface area contributed by atoms with E-state index in [0.29, 0.717) is 31.6 Å². The van der Waals surface area contributed by atoms with Crippen molar-refractivity contribution in [3.05, 3.63) is 24.3 Å². The molecular weight excluding hydrogens is 1340 g/mol. The Morgan fingerprint density at radius 1 is 0.320 bits per heavy atom. The summed E-state index contributed by atoms with van der Waals surface area (Å²) >= 11 is 0. The Morgan fingerprint density at radius 3 is 0.864 bits per heavy atom. The van der Waals surface area contributed by atoms with Crippen LogP contribution in [0.1, 0.15) is 414 Å². The Bertz CT molecular complexity index is 2090. The number of rotatable bonds is 80. The van der Waals surface area contributed by atoms with Crippen molar-refractivity contribution in [2.24, 2.45) is 17.8 Å². The van der Waals surface area contributed by atoms with Crippen LogP contribution in [-0.4, -0.2) is 96.7 Å².